The summed E-state index contributed by atoms with van der Waals surface area (Å²) in [6.45, 7) is 0.336. The molecule has 0 fully saturated rings. The molecule has 0 amide bonds. The van der Waals surface area contributed by atoms with E-state index in [2.05, 4.69) is 15.0 Å². The van der Waals surface area contributed by atoms with Crippen LogP contribution in [0.15, 0.2) is 108 Å². The van der Waals surface area contributed by atoms with Crippen LogP contribution in [0.1, 0.15) is 21.6 Å². The lowest BCUT2D eigenvalue weighted by molar-refractivity contribution is 0.0991. The van der Waals surface area contributed by atoms with Gasteiger partial charge in [0.25, 0.3) is 5.56 Å². The van der Waals surface area contributed by atoms with Gasteiger partial charge in [-0.15, -0.1) is 0 Å². The van der Waals surface area contributed by atoms with Crippen LogP contribution in [0.2, 0.25) is 0 Å². The predicted octanol–water partition coefficient (Wildman–Crippen LogP) is 5.47. The summed E-state index contributed by atoms with van der Waals surface area (Å²) in [7, 11) is 3.40. The fourth-order valence-electron chi connectivity index (χ4n) is 4.95. The van der Waals surface area contributed by atoms with E-state index >= 15 is 0 Å². The van der Waals surface area contributed by atoms with Crippen molar-refractivity contribution < 1.29 is 14.3 Å². The Morgan fingerprint density at radius 2 is 1.67 bits per heavy atom. The summed E-state index contributed by atoms with van der Waals surface area (Å²) in [4.78, 5) is 40.3. The molecule has 0 atom stereocenters. The highest BCUT2D eigenvalue weighted by atomic mass is 16.5. The van der Waals surface area contributed by atoms with Gasteiger partial charge in [0, 0.05) is 48.3 Å². The summed E-state index contributed by atoms with van der Waals surface area (Å²) in [6, 6.07) is 24.1. The molecule has 0 saturated carbocycles. The number of aromatic nitrogens is 5. The second-order valence-electron chi connectivity index (χ2n) is 9.71. The van der Waals surface area contributed by atoms with E-state index in [0.29, 0.717) is 35.2 Å². The molecule has 0 aliphatic heterocycles. The van der Waals surface area contributed by atoms with Crippen LogP contribution in [-0.2, 0) is 20.0 Å². The Labute approximate surface area is 241 Å². The smallest absolute Gasteiger partial charge is 0.278 e. The maximum Gasteiger partial charge on any atom is 0.278 e. The van der Waals surface area contributed by atoms with Crippen molar-refractivity contribution in [2.45, 2.75) is 13.0 Å². The molecule has 42 heavy (non-hydrogen) atoms. The number of ketones is 1. The number of Topliss-reactive ketones (excluding diaryl/α,β-unsaturated/α-hetero) is 1. The molecule has 2 aromatic carbocycles. The lowest BCUT2D eigenvalue weighted by Crippen LogP contribution is -2.25. The van der Waals surface area contributed by atoms with Crippen LogP contribution in [-0.4, -0.2) is 37.2 Å². The molecule has 0 N–H and O–H groups in total. The first-order valence-electron chi connectivity index (χ1n) is 13.3. The van der Waals surface area contributed by atoms with Crippen LogP contribution < -0.4 is 15.0 Å². The molecule has 0 spiro atoms. The van der Waals surface area contributed by atoms with Gasteiger partial charge in [-0.2, -0.15) is 0 Å². The number of hydrogen-bond acceptors (Lipinski definition) is 7. The third-order valence-corrected chi connectivity index (χ3v) is 7.06. The van der Waals surface area contributed by atoms with Crippen molar-refractivity contribution >= 4 is 16.7 Å². The van der Waals surface area contributed by atoms with Gasteiger partial charge >= 0.3 is 0 Å². The monoisotopic (exact) mass is 557 g/mol. The van der Waals surface area contributed by atoms with Crippen molar-refractivity contribution in [2.75, 3.05) is 7.11 Å². The van der Waals surface area contributed by atoms with Crippen molar-refractivity contribution in [1.29, 1.82) is 0 Å². The maximum absolute atomic E-state index is 13.7. The number of rotatable bonds is 9. The Morgan fingerprint density at radius 1 is 0.881 bits per heavy atom. The summed E-state index contributed by atoms with van der Waals surface area (Å²) in [5, 5.41) is 0.831. The zero-order chi connectivity index (χ0) is 29.1. The predicted molar refractivity (Wildman–Crippen MR) is 159 cm³/mol. The van der Waals surface area contributed by atoms with E-state index in [0.717, 1.165) is 22.0 Å². The topological polar surface area (TPSA) is 101 Å². The van der Waals surface area contributed by atoms with E-state index in [9.17, 15) is 9.59 Å². The average molecular weight is 558 g/mol. The van der Waals surface area contributed by atoms with Crippen LogP contribution in [0.4, 0.5) is 0 Å². The molecule has 9 heteroatoms. The van der Waals surface area contributed by atoms with E-state index in [4.69, 9.17) is 9.47 Å². The van der Waals surface area contributed by atoms with E-state index in [1.165, 1.54) is 0 Å². The standard InChI is InChI=1S/C33H27N5O4/c1-37-32(23-12-15-34-16-13-23)31(33(40)38(37)21-22-6-4-3-5-7-22)29(39)18-24-8-9-26(20-36-24)42-30-14-17-35-28-19-25(41-2)10-11-27(28)30/h3-17,19-20H,18,21H2,1-2H3. The minimum atomic E-state index is -0.348. The Kier molecular flexibility index (Phi) is 7.30. The summed E-state index contributed by atoms with van der Waals surface area (Å²) < 4.78 is 14.7. The van der Waals surface area contributed by atoms with E-state index in [1.54, 1.807) is 78.6 Å². The zero-order valence-electron chi connectivity index (χ0n) is 23.1. The first-order chi connectivity index (χ1) is 20.5. The molecule has 0 bridgehead atoms. The summed E-state index contributed by atoms with van der Waals surface area (Å²) in [5.41, 5.74) is 3.28. The van der Waals surface area contributed by atoms with E-state index < -0.39 is 0 Å². The van der Waals surface area contributed by atoms with Crippen molar-refractivity contribution in [3.63, 3.8) is 0 Å². The maximum atomic E-state index is 13.7. The highest BCUT2D eigenvalue weighted by molar-refractivity contribution is 6.02. The average Bonchev–Trinajstić information content (AvgIpc) is 3.27. The number of hydrogen-bond donors (Lipinski definition) is 0. The van der Waals surface area contributed by atoms with Gasteiger partial charge in [0.15, 0.2) is 5.78 Å². The molecule has 6 rings (SSSR count). The molecular formula is C33H27N5O4. The third kappa shape index (κ3) is 5.27. The second kappa shape index (κ2) is 11.5. The lowest BCUT2D eigenvalue weighted by atomic mass is 10.0. The Hall–Kier alpha value is -5.57. The van der Waals surface area contributed by atoms with Crippen LogP contribution in [0.5, 0.6) is 17.2 Å². The zero-order valence-corrected chi connectivity index (χ0v) is 23.1. The number of fused-ring (bicyclic) bond motifs is 1. The molecule has 0 radical (unpaired) electrons. The highest BCUT2D eigenvalue weighted by Gasteiger charge is 2.25. The molecule has 0 aliphatic rings. The highest BCUT2D eigenvalue weighted by Crippen LogP contribution is 2.31. The normalized spacial score (nSPS) is 11.0. The largest absolute Gasteiger partial charge is 0.497 e. The van der Waals surface area contributed by atoms with Crippen molar-refractivity contribution in [1.82, 2.24) is 24.3 Å². The fourth-order valence-corrected chi connectivity index (χ4v) is 4.95. The summed E-state index contributed by atoms with van der Waals surface area (Å²) >= 11 is 0. The quantitative estimate of drug-likeness (QED) is 0.217. The van der Waals surface area contributed by atoms with Crippen molar-refractivity contribution in [2.24, 2.45) is 7.05 Å². The number of nitrogens with zero attached hydrogens (tertiary/aromatic N) is 5. The number of carbonyl (C=O) groups excluding carboxylic acids is 1. The number of benzene rings is 2. The molecule has 0 saturated heterocycles. The van der Waals surface area contributed by atoms with E-state index in [1.807, 2.05) is 48.5 Å². The summed E-state index contributed by atoms with van der Waals surface area (Å²) in [5.74, 6) is 1.53. The minimum Gasteiger partial charge on any atom is -0.497 e. The first-order valence-corrected chi connectivity index (χ1v) is 13.3. The van der Waals surface area contributed by atoms with Gasteiger partial charge in [-0.3, -0.25) is 29.2 Å². The Bertz CT molecular complexity index is 1930. The van der Waals surface area contributed by atoms with Crippen molar-refractivity contribution in [3.8, 4) is 28.5 Å². The lowest BCUT2D eigenvalue weighted by Gasteiger charge is -2.11. The van der Waals surface area contributed by atoms with Gasteiger partial charge in [-0.1, -0.05) is 30.3 Å². The van der Waals surface area contributed by atoms with Gasteiger partial charge in [0.05, 0.1) is 37.5 Å². The second-order valence-corrected chi connectivity index (χ2v) is 9.71. The minimum absolute atomic E-state index is 0.0407. The van der Waals surface area contributed by atoms with Gasteiger partial charge in [-0.05, 0) is 48.0 Å². The van der Waals surface area contributed by atoms with Gasteiger partial charge in [0.2, 0.25) is 0 Å². The molecule has 0 aliphatic carbocycles. The number of methoxy groups -OCH3 is 1. The van der Waals surface area contributed by atoms with Crippen LogP contribution in [0, 0.1) is 0 Å². The third-order valence-electron chi connectivity index (χ3n) is 7.06. The van der Waals surface area contributed by atoms with Crippen LogP contribution in [0.25, 0.3) is 22.2 Å². The Morgan fingerprint density at radius 3 is 2.40 bits per heavy atom. The molecule has 4 aromatic heterocycles. The van der Waals surface area contributed by atoms with E-state index in [-0.39, 0.29) is 23.3 Å². The van der Waals surface area contributed by atoms with Gasteiger partial charge < -0.3 is 9.47 Å². The van der Waals surface area contributed by atoms with Crippen LogP contribution in [0.3, 0.4) is 0 Å². The summed E-state index contributed by atoms with van der Waals surface area (Å²) in [6.07, 6.45) is 6.49. The van der Waals surface area contributed by atoms with Crippen LogP contribution >= 0.6 is 0 Å². The van der Waals surface area contributed by atoms with Gasteiger partial charge in [0.1, 0.15) is 22.8 Å². The van der Waals surface area contributed by atoms with Crippen molar-refractivity contribution in [3.05, 3.63) is 131 Å². The van der Waals surface area contributed by atoms with Gasteiger partial charge in [-0.25, -0.2) is 4.68 Å². The first kappa shape index (κ1) is 26.6. The SMILES string of the molecule is COc1ccc2c(Oc3ccc(CC(=O)c4c(-c5ccncc5)n(C)n(Cc5ccccc5)c4=O)nc3)ccnc2c1. The molecule has 4 heterocycles. The molecule has 6 aromatic rings. The fraction of sp³-hybridized carbons (Fsp3) is 0.121. The Balaban J connectivity index is 1.27. The number of pyridine rings is 3. The molecule has 9 nitrogen and oxygen atoms in total. The molecule has 208 valence electrons. The molecule has 0 unspecified atom stereocenters. The number of carbonyl (C=O) groups is 1. The number of ether oxygens (including phenoxy) is 2. The molecular weight excluding hydrogens is 530 g/mol.